The van der Waals surface area contributed by atoms with Gasteiger partial charge < -0.3 is 10.3 Å². The Morgan fingerprint density at radius 3 is 2.92 bits per heavy atom. The Morgan fingerprint density at radius 2 is 2.31 bits per heavy atom. The number of nitrogen functional groups attached to an aromatic ring is 1. The van der Waals surface area contributed by atoms with Crippen molar-refractivity contribution in [2.75, 3.05) is 5.73 Å². The van der Waals surface area contributed by atoms with Crippen LogP contribution in [0.4, 0.5) is 5.82 Å². The number of nitrogens with zero attached hydrogens (tertiary/aromatic N) is 2. The van der Waals surface area contributed by atoms with Crippen LogP contribution in [0.5, 0.6) is 0 Å². The minimum Gasteiger partial charge on any atom is -0.381 e. The maximum absolute atomic E-state index is 5.44. The third-order valence-electron chi connectivity index (χ3n) is 1.83. The van der Waals surface area contributed by atoms with Crippen LogP contribution in [-0.2, 0) is 0 Å². The van der Waals surface area contributed by atoms with Crippen molar-refractivity contribution in [2.45, 2.75) is 6.92 Å². The van der Waals surface area contributed by atoms with Crippen molar-refractivity contribution in [3.8, 4) is 11.3 Å². The van der Waals surface area contributed by atoms with Crippen molar-refractivity contribution in [1.29, 1.82) is 0 Å². The summed E-state index contributed by atoms with van der Waals surface area (Å²) >= 11 is 0. The lowest BCUT2D eigenvalue weighted by atomic mass is 10.1. The second-order valence-electron chi connectivity index (χ2n) is 2.81. The smallest absolute Gasteiger partial charge is 0.170 e. The van der Waals surface area contributed by atoms with E-state index in [4.69, 9.17) is 10.3 Å². The zero-order chi connectivity index (χ0) is 9.26. The molecule has 2 rings (SSSR count). The summed E-state index contributed by atoms with van der Waals surface area (Å²) in [5.74, 6) is 1.04. The number of aromatic nitrogens is 2. The van der Waals surface area contributed by atoms with Gasteiger partial charge in [0.15, 0.2) is 11.6 Å². The molecule has 66 valence electrons. The number of pyridine rings is 1. The van der Waals surface area contributed by atoms with Crippen LogP contribution in [-0.4, -0.2) is 10.1 Å². The number of hydrogen-bond acceptors (Lipinski definition) is 4. The molecule has 0 aliphatic carbocycles. The topological polar surface area (TPSA) is 64.9 Å². The van der Waals surface area contributed by atoms with E-state index in [1.807, 2.05) is 13.0 Å². The molecule has 0 saturated heterocycles. The fourth-order valence-electron chi connectivity index (χ4n) is 1.14. The highest BCUT2D eigenvalue weighted by Crippen LogP contribution is 2.23. The molecule has 0 radical (unpaired) electrons. The first-order valence-electron chi connectivity index (χ1n) is 3.90. The first kappa shape index (κ1) is 7.79. The fraction of sp³-hybridized carbons (Fsp3) is 0.111. The number of nitrogens with two attached hydrogens (primary N) is 1. The van der Waals surface area contributed by atoms with Crippen LogP contribution in [0.2, 0.25) is 0 Å². The van der Waals surface area contributed by atoms with Crippen molar-refractivity contribution >= 4 is 5.82 Å². The summed E-state index contributed by atoms with van der Waals surface area (Å²) in [7, 11) is 0. The lowest BCUT2D eigenvalue weighted by Gasteiger charge is -1.97. The summed E-state index contributed by atoms with van der Waals surface area (Å²) in [5, 5.41) is 3.61. The molecule has 4 heteroatoms. The van der Waals surface area contributed by atoms with E-state index < -0.39 is 0 Å². The van der Waals surface area contributed by atoms with E-state index in [2.05, 4.69) is 10.1 Å². The fourth-order valence-corrected chi connectivity index (χ4v) is 1.14. The Kier molecular flexibility index (Phi) is 1.73. The number of rotatable bonds is 1. The van der Waals surface area contributed by atoms with E-state index in [1.165, 1.54) is 0 Å². The summed E-state index contributed by atoms with van der Waals surface area (Å²) in [6.45, 7) is 1.98. The lowest BCUT2D eigenvalue weighted by molar-refractivity contribution is 0.435. The Balaban J connectivity index is 2.52. The highest BCUT2D eigenvalue weighted by atomic mass is 16.5. The van der Waals surface area contributed by atoms with E-state index in [0.717, 1.165) is 11.1 Å². The largest absolute Gasteiger partial charge is 0.381 e. The molecule has 0 aromatic carbocycles. The number of anilines is 1. The molecule has 4 nitrogen and oxygen atoms in total. The Labute approximate surface area is 75.4 Å². The SMILES string of the molecule is Cc1ccncc1-c1cc(N)no1. The van der Waals surface area contributed by atoms with Crippen molar-refractivity contribution in [1.82, 2.24) is 10.1 Å². The van der Waals surface area contributed by atoms with Crippen LogP contribution >= 0.6 is 0 Å². The summed E-state index contributed by atoms with van der Waals surface area (Å²) in [6.07, 6.45) is 3.47. The van der Waals surface area contributed by atoms with Gasteiger partial charge in [-0.15, -0.1) is 0 Å². The first-order chi connectivity index (χ1) is 6.27. The van der Waals surface area contributed by atoms with Crippen LogP contribution in [0.25, 0.3) is 11.3 Å². The summed E-state index contributed by atoms with van der Waals surface area (Å²) in [6, 6.07) is 3.60. The molecular weight excluding hydrogens is 166 g/mol. The van der Waals surface area contributed by atoms with Crippen molar-refractivity contribution in [2.24, 2.45) is 0 Å². The average Bonchev–Trinajstić information content (AvgIpc) is 2.53. The van der Waals surface area contributed by atoms with E-state index in [-0.39, 0.29) is 0 Å². The van der Waals surface area contributed by atoms with E-state index >= 15 is 0 Å². The van der Waals surface area contributed by atoms with Crippen molar-refractivity contribution in [3.05, 3.63) is 30.1 Å². The Hall–Kier alpha value is -1.84. The molecule has 2 aromatic heterocycles. The second-order valence-corrected chi connectivity index (χ2v) is 2.81. The summed E-state index contributed by atoms with van der Waals surface area (Å²) in [4.78, 5) is 4.00. The molecule has 13 heavy (non-hydrogen) atoms. The molecule has 0 bridgehead atoms. The molecule has 2 heterocycles. The minimum absolute atomic E-state index is 0.387. The molecule has 0 aliphatic heterocycles. The van der Waals surface area contributed by atoms with E-state index in [1.54, 1.807) is 18.5 Å². The molecule has 0 saturated carbocycles. The van der Waals surface area contributed by atoms with Crippen LogP contribution < -0.4 is 5.73 Å². The zero-order valence-electron chi connectivity index (χ0n) is 7.19. The second kappa shape index (κ2) is 2.90. The number of hydrogen-bond donors (Lipinski definition) is 1. The van der Waals surface area contributed by atoms with E-state index in [9.17, 15) is 0 Å². The third-order valence-corrected chi connectivity index (χ3v) is 1.83. The third kappa shape index (κ3) is 1.38. The van der Waals surface area contributed by atoms with Gasteiger partial charge in [0.2, 0.25) is 0 Å². The summed E-state index contributed by atoms with van der Waals surface area (Å²) in [5.41, 5.74) is 7.45. The Bertz CT molecular complexity index is 422. The van der Waals surface area contributed by atoms with Crippen molar-refractivity contribution in [3.63, 3.8) is 0 Å². The van der Waals surface area contributed by atoms with E-state index in [0.29, 0.717) is 11.6 Å². The van der Waals surface area contributed by atoms with Gasteiger partial charge in [0.1, 0.15) is 0 Å². The predicted octanol–water partition coefficient (Wildman–Crippen LogP) is 1.63. The maximum atomic E-state index is 5.44. The first-order valence-corrected chi connectivity index (χ1v) is 3.90. The van der Waals surface area contributed by atoms with Gasteiger partial charge in [-0.3, -0.25) is 4.98 Å². The lowest BCUT2D eigenvalue weighted by Crippen LogP contribution is -1.82. The highest BCUT2D eigenvalue weighted by Gasteiger charge is 2.06. The molecule has 0 atom stereocenters. The molecule has 0 fully saturated rings. The molecule has 0 spiro atoms. The van der Waals surface area contributed by atoms with Gasteiger partial charge >= 0.3 is 0 Å². The van der Waals surface area contributed by atoms with Crippen LogP contribution in [0.3, 0.4) is 0 Å². The quantitative estimate of drug-likeness (QED) is 0.715. The van der Waals surface area contributed by atoms with Crippen LogP contribution in [0, 0.1) is 6.92 Å². The molecular formula is C9H9N3O. The summed E-state index contributed by atoms with van der Waals surface area (Å²) < 4.78 is 5.02. The van der Waals surface area contributed by atoms with Gasteiger partial charge in [0.05, 0.1) is 0 Å². The Morgan fingerprint density at radius 1 is 1.46 bits per heavy atom. The van der Waals surface area contributed by atoms with Crippen LogP contribution in [0.15, 0.2) is 29.0 Å². The molecule has 0 amide bonds. The van der Waals surface area contributed by atoms with Gasteiger partial charge in [-0.2, -0.15) is 0 Å². The molecule has 2 N–H and O–H groups in total. The maximum Gasteiger partial charge on any atom is 0.170 e. The molecule has 2 aromatic rings. The van der Waals surface area contributed by atoms with Crippen LogP contribution in [0.1, 0.15) is 5.56 Å². The van der Waals surface area contributed by atoms with Gasteiger partial charge in [-0.05, 0) is 18.6 Å². The monoisotopic (exact) mass is 175 g/mol. The van der Waals surface area contributed by atoms with Gasteiger partial charge in [0, 0.05) is 24.0 Å². The van der Waals surface area contributed by atoms with Gasteiger partial charge in [0.25, 0.3) is 0 Å². The minimum atomic E-state index is 0.387. The normalized spacial score (nSPS) is 10.2. The van der Waals surface area contributed by atoms with Crippen molar-refractivity contribution < 1.29 is 4.52 Å². The molecule has 0 aliphatic rings. The highest BCUT2D eigenvalue weighted by molar-refractivity contribution is 5.62. The number of aryl methyl sites for hydroxylation is 1. The predicted molar refractivity (Wildman–Crippen MR) is 48.9 cm³/mol. The average molecular weight is 175 g/mol. The van der Waals surface area contributed by atoms with Gasteiger partial charge in [-0.1, -0.05) is 5.16 Å². The molecule has 0 unspecified atom stereocenters. The van der Waals surface area contributed by atoms with Gasteiger partial charge in [-0.25, -0.2) is 0 Å². The standard InChI is InChI=1S/C9H9N3O/c1-6-2-3-11-5-7(6)8-4-9(10)12-13-8/h2-5H,1H3,(H2,10,12). The zero-order valence-corrected chi connectivity index (χ0v) is 7.19.